The molecule has 0 aliphatic heterocycles. The number of unbranched alkanes of at least 4 members (excludes halogenated alkanes) is 23. The summed E-state index contributed by atoms with van der Waals surface area (Å²) in [5.74, 6) is -1.50. The Kier molecular flexibility index (Phi) is 48.5. The van der Waals surface area contributed by atoms with Crippen LogP contribution < -0.4 is 0 Å². The summed E-state index contributed by atoms with van der Waals surface area (Å²) >= 11 is 0. The highest BCUT2D eigenvalue weighted by Crippen LogP contribution is 2.43. The molecular weight excluding hydrogens is 880 g/mol. The summed E-state index contributed by atoms with van der Waals surface area (Å²) in [6, 6.07) is 0. The van der Waals surface area contributed by atoms with Gasteiger partial charge in [-0.3, -0.25) is 23.4 Å². The number of phosphoric acid groups is 1. The van der Waals surface area contributed by atoms with E-state index in [1.807, 2.05) is 0 Å². The molecule has 0 amide bonds. The first kappa shape index (κ1) is 65.2. The van der Waals surface area contributed by atoms with E-state index >= 15 is 0 Å². The van der Waals surface area contributed by atoms with Crippen LogP contribution in [0.15, 0.2) is 60.8 Å². The molecule has 2 N–H and O–H groups in total. The van der Waals surface area contributed by atoms with Gasteiger partial charge in [-0.2, -0.15) is 0 Å². The highest BCUT2D eigenvalue weighted by molar-refractivity contribution is 7.47. The molecule has 0 aliphatic rings. The molecule has 3 unspecified atom stereocenters. The van der Waals surface area contributed by atoms with Crippen LogP contribution in [0.2, 0.25) is 0 Å². The minimum Gasteiger partial charge on any atom is -0.462 e. The Labute approximate surface area is 415 Å². The lowest BCUT2D eigenvalue weighted by atomic mass is 10.0. The smallest absolute Gasteiger partial charge is 0.462 e. The molecule has 0 fully saturated rings. The van der Waals surface area contributed by atoms with Crippen molar-refractivity contribution in [3.63, 3.8) is 0 Å². The van der Waals surface area contributed by atoms with Crippen LogP contribution in [-0.4, -0.2) is 66.5 Å². The highest BCUT2D eigenvalue weighted by Gasteiger charge is 2.28. The summed E-state index contributed by atoms with van der Waals surface area (Å²) in [4.78, 5) is 48.3. The highest BCUT2D eigenvalue weighted by atomic mass is 31.2. The first-order valence-electron chi connectivity index (χ1n) is 27.2. The van der Waals surface area contributed by atoms with Gasteiger partial charge in [0.1, 0.15) is 12.7 Å². The van der Waals surface area contributed by atoms with Crippen molar-refractivity contribution in [1.29, 1.82) is 0 Å². The van der Waals surface area contributed by atoms with Gasteiger partial charge in [-0.15, -0.1) is 0 Å². The molecule has 11 nitrogen and oxygen atoms in total. The number of ether oxygens (including phenoxy) is 3. The average Bonchev–Trinajstić information content (AvgIpc) is 3.32. The maximum Gasteiger partial charge on any atom is 0.472 e. The SMILES string of the molecule is CC/C=C\C/C=C\C/C=C\C/C=C\C/C=C\CCCCCC(=O)OC(COC(=O)CCCCCCCCCCC)COP(=O)(O)OCC(CO)OC(=O)CCCCCCCCCCCCCCC. The molecular formula is C56H99O11P. The normalized spacial score (nSPS) is 13.9. The van der Waals surface area contributed by atoms with Crippen LogP contribution in [0.3, 0.4) is 0 Å². The molecule has 0 aromatic heterocycles. The second-order valence-corrected chi connectivity index (χ2v) is 19.5. The molecule has 394 valence electrons. The molecule has 68 heavy (non-hydrogen) atoms. The summed E-state index contributed by atoms with van der Waals surface area (Å²) in [5.41, 5.74) is 0. The Hall–Kier alpha value is -2.82. The quantitative estimate of drug-likeness (QED) is 0.0197. The number of aliphatic hydroxyl groups excluding tert-OH is 1. The topological polar surface area (TPSA) is 155 Å². The number of rotatable bonds is 50. The Morgan fingerprint density at radius 1 is 0.426 bits per heavy atom. The number of carbonyl (C=O) groups is 3. The largest absolute Gasteiger partial charge is 0.472 e. The van der Waals surface area contributed by atoms with Crippen molar-refractivity contribution < 1.29 is 52.2 Å². The number of hydrogen-bond donors (Lipinski definition) is 2. The summed E-state index contributed by atoms with van der Waals surface area (Å²) < 4.78 is 39.3. The molecule has 0 aromatic carbocycles. The zero-order valence-corrected chi connectivity index (χ0v) is 44.2. The first-order chi connectivity index (χ1) is 33.2. The van der Waals surface area contributed by atoms with Gasteiger partial charge < -0.3 is 24.2 Å². The van der Waals surface area contributed by atoms with Crippen molar-refractivity contribution in [1.82, 2.24) is 0 Å². The number of phosphoric ester groups is 1. The Morgan fingerprint density at radius 2 is 0.765 bits per heavy atom. The van der Waals surface area contributed by atoms with Gasteiger partial charge in [0.05, 0.1) is 19.8 Å². The van der Waals surface area contributed by atoms with E-state index in [0.29, 0.717) is 19.3 Å². The van der Waals surface area contributed by atoms with Crippen LogP contribution >= 0.6 is 7.82 Å². The van der Waals surface area contributed by atoms with Gasteiger partial charge in [-0.1, -0.05) is 216 Å². The van der Waals surface area contributed by atoms with E-state index in [1.54, 1.807) is 0 Å². The van der Waals surface area contributed by atoms with E-state index in [9.17, 15) is 28.9 Å². The van der Waals surface area contributed by atoms with Gasteiger partial charge in [0, 0.05) is 19.3 Å². The fourth-order valence-electron chi connectivity index (χ4n) is 7.32. The summed E-state index contributed by atoms with van der Waals surface area (Å²) in [6.45, 7) is 4.47. The molecule has 0 spiro atoms. The molecule has 0 saturated carbocycles. The fraction of sp³-hybridized carbons (Fsp3) is 0.768. The second-order valence-electron chi connectivity index (χ2n) is 18.0. The minimum absolute atomic E-state index is 0.130. The van der Waals surface area contributed by atoms with Crippen molar-refractivity contribution in [2.75, 3.05) is 26.4 Å². The molecule has 0 saturated heterocycles. The van der Waals surface area contributed by atoms with Crippen LogP contribution in [0.4, 0.5) is 0 Å². The Balaban J connectivity index is 4.72. The Bertz CT molecular complexity index is 1370. The predicted molar refractivity (Wildman–Crippen MR) is 279 cm³/mol. The van der Waals surface area contributed by atoms with Crippen molar-refractivity contribution in [2.24, 2.45) is 0 Å². The predicted octanol–water partition coefficient (Wildman–Crippen LogP) is 15.6. The van der Waals surface area contributed by atoms with Crippen LogP contribution in [0, 0.1) is 0 Å². The third-order valence-electron chi connectivity index (χ3n) is 11.5. The Morgan fingerprint density at radius 3 is 1.18 bits per heavy atom. The fourth-order valence-corrected chi connectivity index (χ4v) is 8.11. The standard InChI is InChI=1S/C56H99O11P/c1-4-7-10-13-16-19-21-23-24-25-26-27-28-30-32-35-38-41-44-47-56(60)67-53(49-63-54(58)45-42-39-36-33-18-15-12-9-6-3)51-65-68(61,62)64-50-52(48-57)66-55(59)46-43-40-37-34-31-29-22-20-17-14-11-8-5-2/h7,10,16,19,23-24,26-27,30,32,52-53,57H,4-6,8-9,11-15,17-18,20-22,25,28-29,31,33-51H2,1-3H3,(H,61,62)/b10-7-,19-16-,24-23-,27-26-,32-30-. The number of hydrogen-bond acceptors (Lipinski definition) is 10. The molecule has 0 aromatic rings. The van der Waals surface area contributed by atoms with Gasteiger partial charge >= 0.3 is 25.7 Å². The van der Waals surface area contributed by atoms with Gasteiger partial charge in [-0.25, -0.2) is 4.57 Å². The van der Waals surface area contributed by atoms with E-state index in [2.05, 4.69) is 81.5 Å². The maximum atomic E-state index is 12.8. The van der Waals surface area contributed by atoms with Crippen molar-refractivity contribution in [2.45, 2.75) is 251 Å². The molecule has 0 bridgehead atoms. The lowest BCUT2D eigenvalue weighted by molar-refractivity contribution is -0.161. The van der Waals surface area contributed by atoms with Gasteiger partial charge in [0.15, 0.2) is 6.10 Å². The second kappa shape index (κ2) is 50.6. The summed E-state index contributed by atoms with van der Waals surface area (Å²) in [6.07, 6.45) is 53.3. The van der Waals surface area contributed by atoms with E-state index < -0.39 is 57.8 Å². The van der Waals surface area contributed by atoms with Crippen molar-refractivity contribution in [3.8, 4) is 0 Å². The van der Waals surface area contributed by atoms with Gasteiger partial charge in [0.2, 0.25) is 0 Å². The van der Waals surface area contributed by atoms with Crippen LogP contribution in [0.25, 0.3) is 0 Å². The number of aliphatic hydroxyl groups is 1. The van der Waals surface area contributed by atoms with Crippen LogP contribution in [-0.2, 0) is 42.2 Å². The lowest BCUT2D eigenvalue weighted by Gasteiger charge is -2.21. The zero-order chi connectivity index (χ0) is 49.9. The molecule has 12 heteroatoms. The van der Waals surface area contributed by atoms with E-state index in [4.69, 9.17) is 23.3 Å². The summed E-state index contributed by atoms with van der Waals surface area (Å²) in [5, 5.41) is 9.78. The molecule has 0 aliphatic carbocycles. The molecule has 0 radical (unpaired) electrons. The van der Waals surface area contributed by atoms with Crippen molar-refractivity contribution in [3.05, 3.63) is 60.8 Å². The molecule has 0 rings (SSSR count). The molecule has 0 heterocycles. The lowest BCUT2D eigenvalue weighted by Crippen LogP contribution is -2.30. The third kappa shape index (κ3) is 48.2. The minimum atomic E-state index is -4.75. The van der Waals surface area contributed by atoms with E-state index in [-0.39, 0.29) is 25.9 Å². The first-order valence-corrected chi connectivity index (χ1v) is 28.7. The number of carbonyl (C=O) groups excluding carboxylic acids is 3. The van der Waals surface area contributed by atoms with Crippen LogP contribution in [0.5, 0.6) is 0 Å². The van der Waals surface area contributed by atoms with Gasteiger partial charge in [-0.05, 0) is 64.2 Å². The van der Waals surface area contributed by atoms with Crippen LogP contribution in [0.1, 0.15) is 239 Å². The maximum absolute atomic E-state index is 12.8. The monoisotopic (exact) mass is 979 g/mol. The van der Waals surface area contributed by atoms with Gasteiger partial charge in [0.25, 0.3) is 0 Å². The zero-order valence-electron chi connectivity index (χ0n) is 43.3. The third-order valence-corrected chi connectivity index (χ3v) is 12.4. The average molecular weight is 979 g/mol. The van der Waals surface area contributed by atoms with E-state index in [0.717, 1.165) is 89.9 Å². The number of allylic oxidation sites excluding steroid dienone is 10. The van der Waals surface area contributed by atoms with E-state index in [1.165, 1.54) is 89.9 Å². The number of esters is 3. The summed E-state index contributed by atoms with van der Waals surface area (Å²) in [7, 11) is -4.75. The van der Waals surface area contributed by atoms with Crippen molar-refractivity contribution >= 4 is 25.7 Å². The molecule has 3 atom stereocenters.